The third kappa shape index (κ3) is 5.08. The average molecular weight is 505 g/mol. The van der Waals surface area contributed by atoms with Gasteiger partial charge in [-0.15, -0.1) is 0 Å². The van der Waals surface area contributed by atoms with Gasteiger partial charge in [-0.25, -0.2) is 8.42 Å². The van der Waals surface area contributed by atoms with E-state index in [4.69, 9.17) is 25.2 Å². The first-order chi connectivity index (χ1) is 15.9. The highest BCUT2D eigenvalue weighted by Crippen LogP contribution is 2.35. The lowest BCUT2D eigenvalue weighted by Gasteiger charge is -2.09. The van der Waals surface area contributed by atoms with Crippen LogP contribution < -0.4 is 10.1 Å². The number of carbonyl (C=O) groups is 1. The lowest BCUT2D eigenvalue weighted by Crippen LogP contribution is -2.15. The molecule has 4 aromatic rings. The molecule has 0 bridgehead atoms. The van der Waals surface area contributed by atoms with E-state index in [1.165, 1.54) is 37.6 Å². The molecule has 1 N–H and O–H groups in total. The van der Waals surface area contributed by atoms with E-state index in [2.05, 4.69) is 10.3 Å². The van der Waals surface area contributed by atoms with Crippen molar-refractivity contribution in [1.82, 2.24) is 4.98 Å². The Morgan fingerprint density at radius 1 is 1.12 bits per heavy atom. The third-order valence-electron chi connectivity index (χ3n) is 4.39. The summed E-state index contributed by atoms with van der Waals surface area (Å²) in [5.74, 6) is 0.235. The molecule has 0 aliphatic carbocycles. The van der Waals surface area contributed by atoms with Crippen LogP contribution in [-0.4, -0.2) is 32.2 Å². The molecule has 4 rings (SSSR count). The monoisotopic (exact) mass is 504 g/mol. The van der Waals surface area contributed by atoms with Crippen LogP contribution in [0.5, 0.6) is 5.75 Å². The number of ether oxygens (including phenoxy) is 1. The third-order valence-corrected chi connectivity index (χ3v) is 7.40. The van der Waals surface area contributed by atoms with Crippen LogP contribution in [-0.2, 0) is 14.6 Å². The maximum atomic E-state index is 13.2. The molecule has 170 valence electrons. The van der Waals surface area contributed by atoms with Crippen LogP contribution in [0, 0.1) is 0 Å². The average Bonchev–Trinajstić information content (AvgIpc) is 3.49. The topological polar surface area (TPSA) is 112 Å². The molecule has 2 aromatic heterocycles. The Morgan fingerprint density at radius 3 is 2.58 bits per heavy atom. The van der Waals surface area contributed by atoms with E-state index >= 15 is 0 Å². The number of methoxy groups -OCH3 is 1. The van der Waals surface area contributed by atoms with Crippen LogP contribution in [0.25, 0.3) is 11.7 Å². The molecule has 2 heterocycles. The van der Waals surface area contributed by atoms with E-state index in [0.29, 0.717) is 16.5 Å². The van der Waals surface area contributed by atoms with E-state index in [1.54, 1.807) is 36.4 Å². The summed E-state index contributed by atoms with van der Waals surface area (Å²) in [6.07, 6.45) is 1.42. The van der Waals surface area contributed by atoms with E-state index in [1.807, 2.05) is 0 Å². The highest BCUT2D eigenvalue weighted by Gasteiger charge is 2.30. The van der Waals surface area contributed by atoms with Gasteiger partial charge in [0, 0.05) is 5.02 Å². The molecule has 0 saturated heterocycles. The van der Waals surface area contributed by atoms with Crippen molar-refractivity contribution in [2.75, 3.05) is 18.2 Å². The Hall–Kier alpha value is -3.21. The van der Waals surface area contributed by atoms with E-state index in [-0.39, 0.29) is 38.3 Å². The number of benzene rings is 2. The summed E-state index contributed by atoms with van der Waals surface area (Å²) in [5.41, 5.74) is 0.494. The highest BCUT2D eigenvalue weighted by molar-refractivity contribution is 8.00. The Kier molecular flexibility index (Phi) is 6.77. The number of carbonyl (C=O) groups excluding carboxylic acids is 1. The predicted octanol–water partition coefficient (Wildman–Crippen LogP) is 5.16. The van der Waals surface area contributed by atoms with E-state index in [0.717, 1.165) is 11.8 Å². The lowest BCUT2D eigenvalue weighted by molar-refractivity contribution is -0.113. The van der Waals surface area contributed by atoms with Crippen molar-refractivity contribution in [2.45, 2.75) is 15.0 Å². The Labute approximate surface area is 198 Å². The largest absolute Gasteiger partial charge is 0.495 e. The molecular weight excluding hydrogens is 488 g/mol. The van der Waals surface area contributed by atoms with Crippen molar-refractivity contribution in [3.05, 3.63) is 71.9 Å². The van der Waals surface area contributed by atoms with Crippen LogP contribution in [0.3, 0.4) is 0 Å². The molecule has 2 aromatic carbocycles. The van der Waals surface area contributed by atoms with Gasteiger partial charge in [0.15, 0.2) is 5.76 Å². The Bertz CT molecular complexity index is 1370. The van der Waals surface area contributed by atoms with Gasteiger partial charge in [0.1, 0.15) is 5.75 Å². The summed E-state index contributed by atoms with van der Waals surface area (Å²) in [6, 6.07) is 15.9. The van der Waals surface area contributed by atoms with Crippen LogP contribution in [0.2, 0.25) is 5.02 Å². The van der Waals surface area contributed by atoms with Crippen molar-refractivity contribution < 1.29 is 26.8 Å². The predicted molar refractivity (Wildman–Crippen MR) is 123 cm³/mol. The summed E-state index contributed by atoms with van der Waals surface area (Å²) < 4.78 is 42.7. The smallest absolute Gasteiger partial charge is 0.265 e. The van der Waals surface area contributed by atoms with Crippen molar-refractivity contribution in [3.8, 4) is 17.4 Å². The van der Waals surface area contributed by atoms with Gasteiger partial charge in [0.2, 0.25) is 25.9 Å². The maximum absolute atomic E-state index is 13.2. The number of nitrogens with zero attached hydrogens (tertiary/aromatic N) is 1. The highest BCUT2D eigenvalue weighted by atomic mass is 35.5. The maximum Gasteiger partial charge on any atom is 0.265 e. The minimum atomic E-state index is -4.05. The summed E-state index contributed by atoms with van der Waals surface area (Å²) in [5, 5.41) is 2.78. The van der Waals surface area contributed by atoms with Gasteiger partial charge in [-0.05, 0) is 48.5 Å². The number of halogens is 1. The zero-order chi connectivity index (χ0) is 23.4. The second kappa shape index (κ2) is 9.74. The van der Waals surface area contributed by atoms with Gasteiger partial charge in [-0.1, -0.05) is 35.5 Å². The minimum Gasteiger partial charge on any atom is -0.495 e. The van der Waals surface area contributed by atoms with Crippen LogP contribution >= 0.6 is 23.4 Å². The number of para-hydroxylation sites is 2. The summed E-state index contributed by atoms with van der Waals surface area (Å²) in [6.45, 7) is 0. The molecule has 0 aliphatic rings. The van der Waals surface area contributed by atoms with Gasteiger partial charge in [-0.2, -0.15) is 4.98 Å². The summed E-state index contributed by atoms with van der Waals surface area (Å²) in [7, 11) is -2.55. The molecule has 0 saturated carbocycles. The first kappa shape index (κ1) is 23.0. The van der Waals surface area contributed by atoms with Crippen LogP contribution in [0.15, 0.2) is 90.8 Å². The number of oxazole rings is 1. The lowest BCUT2D eigenvalue weighted by atomic mass is 10.3. The number of sulfone groups is 1. The number of hydrogen-bond donors (Lipinski definition) is 1. The minimum absolute atomic E-state index is 0.00785. The second-order valence-corrected chi connectivity index (χ2v) is 9.83. The Morgan fingerprint density at radius 2 is 1.88 bits per heavy atom. The number of thioether (sulfide) groups is 1. The van der Waals surface area contributed by atoms with Gasteiger partial charge in [0.25, 0.3) is 5.89 Å². The number of anilines is 1. The summed E-state index contributed by atoms with van der Waals surface area (Å²) in [4.78, 5) is 16.7. The molecular formula is C22H17ClN2O6S2. The molecule has 0 atom stereocenters. The molecule has 0 radical (unpaired) electrons. The number of rotatable bonds is 8. The van der Waals surface area contributed by atoms with Gasteiger partial charge in [0.05, 0.1) is 29.7 Å². The molecule has 11 heteroatoms. The zero-order valence-corrected chi connectivity index (χ0v) is 19.5. The molecule has 1 amide bonds. The zero-order valence-electron chi connectivity index (χ0n) is 17.1. The van der Waals surface area contributed by atoms with Gasteiger partial charge >= 0.3 is 0 Å². The molecule has 33 heavy (non-hydrogen) atoms. The molecule has 0 aliphatic heterocycles. The van der Waals surface area contributed by atoms with Crippen LogP contribution in [0.4, 0.5) is 5.69 Å². The van der Waals surface area contributed by atoms with Crippen molar-refractivity contribution >= 4 is 44.8 Å². The fourth-order valence-corrected chi connectivity index (χ4v) is 5.30. The fourth-order valence-electron chi connectivity index (χ4n) is 2.85. The van der Waals surface area contributed by atoms with Gasteiger partial charge in [-0.3, -0.25) is 4.79 Å². The molecule has 0 unspecified atom stereocenters. The number of amides is 1. The molecule has 0 spiro atoms. The van der Waals surface area contributed by atoms with Gasteiger partial charge < -0.3 is 18.9 Å². The number of hydrogen-bond acceptors (Lipinski definition) is 8. The van der Waals surface area contributed by atoms with Crippen molar-refractivity contribution in [1.29, 1.82) is 0 Å². The van der Waals surface area contributed by atoms with Crippen LogP contribution in [0.1, 0.15) is 0 Å². The summed E-state index contributed by atoms with van der Waals surface area (Å²) >= 11 is 6.79. The van der Waals surface area contributed by atoms with E-state index < -0.39 is 9.84 Å². The number of aromatic nitrogens is 1. The number of nitrogens with one attached hydrogen (secondary N) is 1. The molecule has 0 fully saturated rings. The standard InChI is InChI=1S/C22H17ClN2O6S2/c1-29-17-6-3-2-5-16(17)24-19(26)13-32-22-21(25-20(31-22)18-7-4-12-30-18)33(27,28)15-10-8-14(23)9-11-15/h2-12H,13H2,1H3,(H,24,26). The first-order valence-corrected chi connectivity index (χ1v) is 12.3. The van der Waals surface area contributed by atoms with E-state index in [9.17, 15) is 13.2 Å². The fraction of sp³-hybridized carbons (Fsp3) is 0.0909. The van der Waals surface area contributed by atoms with Crippen molar-refractivity contribution in [3.63, 3.8) is 0 Å². The quantitative estimate of drug-likeness (QED) is 0.327. The SMILES string of the molecule is COc1ccccc1NC(=O)CSc1oc(-c2ccco2)nc1S(=O)(=O)c1ccc(Cl)cc1. The molecule has 8 nitrogen and oxygen atoms in total. The number of furan rings is 1. The van der Waals surface area contributed by atoms with Crippen molar-refractivity contribution in [2.24, 2.45) is 0 Å². The Balaban J connectivity index is 1.61. The first-order valence-electron chi connectivity index (χ1n) is 9.49. The normalized spacial score (nSPS) is 11.3. The second-order valence-electron chi connectivity index (χ2n) is 6.58.